The minimum atomic E-state index is -0.321. The van der Waals surface area contributed by atoms with E-state index in [9.17, 15) is 4.79 Å². The van der Waals surface area contributed by atoms with Crippen molar-refractivity contribution in [1.29, 1.82) is 0 Å². The summed E-state index contributed by atoms with van der Waals surface area (Å²) in [6.45, 7) is 11.4. The normalized spacial score (nSPS) is 12.0. The largest absolute Gasteiger partial charge is 0.496 e. The van der Waals surface area contributed by atoms with Crippen LogP contribution in [0, 0.1) is 13.8 Å². The molecule has 7 nitrogen and oxygen atoms in total. The Labute approximate surface area is 206 Å². The average Bonchev–Trinajstić information content (AvgIpc) is 3.10. The number of ether oxygens (including phenoxy) is 2. The minimum Gasteiger partial charge on any atom is -0.496 e. The van der Waals surface area contributed by atoms with Crippen molar-refractivity contribution in [3.63, 3.8) is 0 Å². The Morgan fingerprint density at radius 3 is 2.68 bits per heavy atom. The van der Waals surface area contributed by atoms with Gasteiger partial charge in [-0.15, -0.1) is 35.3 Å². The van der Waals surface area contributed by atoms with E-state index >= 15 is 0 Å². The number of aliphatic imine (C=N–C) groups is 1. The highest BCUT2D eigenvalue weighted by atomic mass is 127. The van der Waals surface area contributed by atoms with Crippen LogP contribution in [0.3, 0.4) is 0 Å². The first kappa shape index (κ1) is 27.2. The fraction of sp³-hybridized carbons (Fsp3) is 0.500. The van der Waals surface area contributed by atoms with Crippen LogP contribution in [0.4, 0.5) is 0 Å². The van der Waals surface area contributed by atoms with E-state index in [1.165, 1.54) is 16.9 Å². The van der Waals surface area contributed by atoms with Gasteiger partial charge in [-0.05, 0) is 52.7 Å². The molecule has 31 heavy (non-hydrogen) atoms. The van der Waals surface area contributed by atoms with Gasteiger partial charge in [-0.3, -0.25) is 4.99 Å². The van der Waals surface area contributed by atoms with Crippen LogP contribution in [0.2, 0.25) is 0 Å². The number of esters is 1. The Kier molecular flexibility index (Phi) is 11.8. The molecule has 2 N–H and O–H groups in total. The van der Waals surface area contributed by atoms with Gasteiger partial charge in [-0.1, -0.05) is 17.7 Å². The van der Waals surface area contributed by atoms with Crippen LogP contribution in [-0.4, -0.2) is 43.7 Å². The summed E-state index contributed by atoms with van der Waals surface area (Å²) >= 11 is 1.36. The van der Waals surface area contributed by atoms with Crippen LogP contribution < -0.4 is 15.4 Å². The zero-order valence-electron chi connectivity index (χ0n) is 19.1. The van der Waals surface area contributed by atoms with Crippen LogP contribution in [0.25, 0.3) is 0 Å². The Hall–Kier alpha value is -1.88. The van der Waals surface area contributed by atoms with Gasteiger partial charge >= 0.3 is 5.97 Å². The van der Waals surface area contributed by atoms with E-state index in [2.05, 4.69) is 28.6 Å². The first-order valence-electron chi connectivity index (χ1n) is 10.2. The molecule has 0 aliphatic rings. The summed E-state index contributed by atoms with van der Waals surface area (Å²) in [6.07, 6.45) is 0.777. The molecule has 0 saturated carbocycles. The molecule has 0 spiro atoms. The first-order valence-corrected chi connectivity index (χ1v) is 11.0. The number of nitrogens with one attached hydrogen (secondary N) is 2. The van der Waals surface area contributed by atoms with Crippen molar-refractivity contribution in [3.8, 4) is 5.75 Å². The number of halogens is 1. The molecule has 2 rings (SSSR count). The molecule has 2 aromatic rings. The van der Waals surface area contributed by atoms with Gasteiger partial charge in [0.1, 0.15) is 15.6 Å². The number of rotatable bonds is 9. The number of aromatic nitrogens is 1. The average molecular weight is 561 g/mol. The quantitative estimate of drug-likeness (QED) is 0.205. The van der Waals surface area contributed by atoms with E-state index in [4.69, 9.17) is 14.5 Å². The number of nitrogens with zero attached hydrogens (tertiary/aromatic N) is 2. The molecule has 1 aromatic carbocycles. The highest BCUT2D eigenvalue weighted by Gasteiger charge is 2.20. The summed E-state index contributed by atoms with van der Waals surface area (Å²) in [6, 6.07) is 6.07. The Morgan fingerprint density at radius 2 is 2.03 bits per heavy atom. The number of methoxy groups -OCH3 is 1. The zero-order chi connectivity index (χ0) is 22.1. The van der Waals surface area contributed by atoms with Gasteiger partial charge < -0.3 is 20.1 Å². The van der Waals surface area contributed by atoms with E-state index in [0.29, 0.717) is 29.7 Å². The molecule has 9 heteroatoms. The molecule has 0 aliphatic heterocycles. The summed E-state index contributed by atoms with van der Waals surface area (Å²) < 4.78 is 10.6. The van der Waals surface area contributed by atoms with Crippen molar-refractivity contribution in [2.24, 2.45) is 4.99 Å². The lowest BCUT2D eigenvalue weighted by Crippen LogP contribution is -2.38. The number of guanidine groups is 1. The van der Waals surface area contributed by atoms with Gasteiger partial charge in [0, 0.05) is 13.1 Å². The minimum absolute atomic E-state index is 0. The number of hydrogen-bond donors (Lipinski definition) is 2. The van der Waals surface area contributed by atoms with Gasteiger partial charge in [-0.25, -0.2) is 9.78 Å². The molecule has 0 saturated heterocycles. The maximum absolute atomic E-state index is 12.1. The molecular formula is C22H33IN4O3S. The Bertz CT molecular complexity index is 886. The zero-order valence-corrected chi connectivity index (χ0v) is 22.2. The van der Waals surface area contributed by atoms with Gasteiger partial charge in [0.05, 0.1) is 25.5 Å². The molecule has 0 bridgehead atoms. The molecule has 0 aliphatic carbocycles. The van der Waals surface area contributed by atoms with Crippen molar-refractivity contribution >= 4 is 47.2 Å². The van der Waals surface area contributed by atoms with Gasteiger partial charge in [0.2, 0.25) is 0 Å². The lowest BCUT2D eigenvalue weighted by atomic mass is 10.1. The van der Waals surface area contributed by atoms with E-state index in [-0.39, 0.29) is 36.0 Å². The lowest BCUT2D eigenvalue weighted by molar-refractivity contribution is 0.0531. The van der Waals surface area contributed by atoms with Crippen LogP contribution >= 0.6 is 35.3 Å². The second kappa shape index (κ2) is 13.5. The maximum atomic E-state index is 12.1. The number of benzene rings is 1. The fourth-order valence-corrected chi connectivity index (χ4v) is 3.93. The third-order valence-corrected chi connectivity index (χ3v) is 5.75. The third kappa shape index (κ3) is 7.95. The second-order valence-corrected chi connectivity index (χ2v) is 7.91. The molecule has 0 radical (unpaired) electrons. The predicted octanol–water partition coefficient (Wildman–Crippen LogP) is 4.42. The van der Waals surface area contributed by atoms with Gasteiger partial charge in [-0.2, -0.15) is 0 Å². The molecule has 0 amide bonds. The predicted molar refractivity (Wildman–Crippen MR) is 137 cm³/mol. The van der Waals surface area contributed by atoms with Crippen LogP contribution in [-0.2, 0) is 11.2 Å². The standard InChI is InChI=1S/C22H32N4O3S.HI/c1-7-23-22(24-12-11-17-13-14(3)9-10-18(17)28-6)26-16(5)20-25-15(4)19(30-20)21(27)29-8-2;/h9-10,13,16H,7-8,11-12H2,1-6H3,(H2,23,24,26);1H. The van der Waals surface area contributed by atoms with Gasteiger partial charge in [0.15, 0.2) is 5.96 Å². The first-order chi connectivity index (χ1) is 14.4. The SMILES string of the molecule is CCNC(=NCCc1cc(C)ccc1OC)NC(C)c1nc(C)c(C(=O)OCC)s1.I. The Morgan fingerprint density at radius 1 is 1.29 bits per heavy atom. The number of carbonyl (C=O) groups is 1. The topological polar surface area (TPSA) is 84.8 Å². The summed E-state index contributed by atoms with van der Waals surface area (Å²) in [5.41, 5.74) is 3.03. The molecule has 1 atom stereocenters. The van der Waals surface area contributed by atoms with Gasteiger partial charge in [0.25, 0.3) is 0 Å². The fourth-order valence-electron chi connectivity index (χ4n) is 2.97. The van der Waals surface area contributed by atoms with E-state index in [1.54, 1.807) is 14.0 Å². The number of thiazole rings is 1. The third-order valence-electron chi connectivity index (χ3n) is 4.43. The number of aryl methyl sites for hydroxylation is 2. The monoisotopic (exact) mass is 560 g/mol. The summed E-state index contributed by atoms with van der Waals surface area (Å²) in [5.74, 6) is 1.27. The maximum Gasteiger partial charge on any atom is 0.350 e. The lowest BCUT2D eigenvalue weighted by Gasteiger charge is -2.16. The molecule has 172 valence electrons. The summed E-state index contributed by atoms with van der Waals surface area (Å²) in [5, 5.41) is 7.46. The van der Waals surface area contributed by atoms with E-state index < -0.39 is 0 Å². The van der Waals surface area contributed by atoms with Crippen molar-refractivity contribution < 1.29 is 14.3 Å². The molecule has 1 unspecified atom stereocenters. The van der Waals surface area contributed by atoms with Crippen molar-refractivity contribution in [1.82, 2.24) is 15.6 Å². The highest BCUT2D eigenvalue weighted by molar-refractivity contribution is 14.0. The number of hydrogen-bond acceptors (Lipinski definition) is 6. The van der Waals surface area contributed by atoms with E-state index in [0.717, 1.165) is 29.3 Å². The molecule has 0 fully saturated rings. The number of carbonyl (C=O) groups excluding carboxylic acids is 1. The highest BCUT2D eigenvalue weighted by Crippen LogP contribution is 2.24. The smallest absolute Gasteiger partial charge is 0.350 e. The summed E-state index contributed by atoms with van der Waals surface area (Å²) in [7, 11) is 1.69. The van der Waals surface area contributed by atoms with E-state index in [1.807, 2.05) is 32.9 Å². The summed E-state index contributed by atoms with van der Waals surface area (Å²) in [4.78, 5) is 21.9. The van der Waals surface area contributed by atoms with Crippen molar-refractivity contribution in [2.75, 3.05) is 26.8 Å². The van der Waals surface area contributed by atoms with Crippen molar-refractivity contribution in [2.45, 2.75) is 47.1 Å². The van der Waals surface area contributed by atoms with Crippen LogP contribution in [0.1, 0.15) is 58.3 Å². The second-order valence-electron chi connectivity index (χ2n) is 6.88. The van der Waals surface area contributed by atoms with Crippen LogP contribution in [0.5, 0.6) is 5.75 Å². The van der Waals surface area contributed by atoms with Crippen LogP contribution in [0.15, 0.2) is 23.2 Å². The molecular weight excluding hydrogens is 527 g/mol. The molecule has 1 heterocycles. The molecule has 1 aromatic heterocycles. The Balaban J connectivity index is 0.00000480. The van der Waals surface area contributed by atoms with Crippen molar-refractivity contribution in [3.05, 3.63) is 44.9 Å².